The maximum atomic E-state index is 12.8. The van der Waals surface area contributed by atoms with Crippen LogP contribution in [0.5, 0.6) is 0 Å². The highest BCUT2D eigenvalue weighted by molar-refractivity contribution is 7.87. The van der Waals surface area contributed by atoms with Gasteiger partial charge in [-0.15, -0.1) is 0 Å². The van der Waals surface area contributed by atoms with Crippen LogP contribution in [0.15, 0.2) is 30.3 Å². The van der Waals surface area contributed by atoms with Crippen LogP contribution in [0.2, 0.25) is 0 Å². The van der Waals surface area contributed by atoms with E-state index in [0.29, 0.717) is 24.1 Å². The maximum absolute atomic E-state index is 12.8. The highest BCUT2D eigenvalue weighted by Crippen LogP contribution is 2.13. The zero-order valence-corrected chi connectivity index (χ0v) is 13.1. The van der Waals surface area contributed by atoms with Crippen molar-refractivity contribution in [2.75, 3.05) is 13.6 Å². The molecule has 0 bridgehead atoms. The van der Waals surface area contributed by atoms with Crippen molar-refractivity contribution in [3.8, 4) is 0 Å². The Morgan fingerprint density at radius 3 is 2.43 bits per heavy atom. The summed E-state index contributed by atoms with van der Waals surface area (Å²) in [5, 5.41) is 0. The van der Waals surface area contributed by atoms with Gasteiger partial charge in [-0.25, -0.2) is 9.11 Å². The van der Waals surface area contributed by atoms with Gasteiger partial charge in [-0.3, -0.25) is 4.79 Å². The number of hydrogen-bond donors (Lipinski definition) is 1. The van der Waals surface area contributed by atoms with E-state index in [0.717, 1.165) is 4.31 Å². The molecule has 0 spiro atoms. The molecule has 0 radical (unpaired) electrons. The third-order valence-electron chi connectivity index (χ3n) is 2.83. The second kappa shape index (κ2) is 7.33. The average Bonchev–Trinajstić information content (AvgIpc) is 2.38. The van der Waals surface area contributed by atoms with E-state index >= 15 is 0 Å². The van der Waals surface area contributed by atoms with E-state index in [2.05, 4.69) is 0 Å². The van der Waals surface area contributed by atoms with Gasteiger partial charge in [-0.2, -0.15) is 12.7 Å². The summed E-state index contributed by atoms with van der Waals surface area (Å²) in [6.07, 6.45) is 1.82. The van der Waals surface area contributed by atoms with Crippen molar-refractivity contribution in [2.24, 2.45) is 0 Å². The number of rotatable bonds is 6. The largest absolute Gasteiger partial charge is 0.303 e. The summed E-state index contributed by atoms with van der Waals surface area (Å²) < 4.78 is 39.5. The van der Waals surface area contributed by atoms with E-state index in [-0.39, 0.29) is 5.82 Å². The van der Waals surface area contributed by atoms with Gasteiger partial charge in [0.25, 0.3) is 5.91 Å². The highest BCUT2D eigenvalue weighted by atomic mass is 32.2. The number of halogens is 1. The quantitative estimate of drug-likeness (QED) is 0.816. The topological polar surface area (TPSA) is 66.5 Å². The third-order valence-corrected chi connectivity index (χ3v) is 4.29. The molecular formula is C14H19FN2O3S. The predicted octanol–water partition coefficient (Wildman–Crippen LogP) is 1.93. The summed E-state index contributed by atoms with van der Waals surface area (Å²) in [6.45, 7) is 3.81. The Kier molecular flexibility index (Phi) is 6.04. The van der Waals surface area contributed by atoms with E-state index in [9.17, 15) is 17.6 Å². The van der Waals surface area contributed by atoms with Crippen LogP contribution in [0.1, 0.15) is 25.8 Å². The first-order valence-corrected chi connectivity index (χ1v) is 7.92. The number of carbonyl (C=O) groups is 1. The Hall–Kier alpha value is -1.73. The molecule has 0 heterocycles. The fourth-order valence-corrected chi connectivity index (χ4v) is 2.55. The Morgan fingerprint density at radius 1 is 1.33 bits per heavy atom. The molecule has 0 saturated carbocycles. The van der Waals surface area contributed by atoms with Gasteiger partial charge >= 0.3 is 10.2 Å². The van der Waals surface area contributed by atoms with E-state index < -0.39 is 16.1 Å². The number of nitrogens with one attached hydrogen (secondary N) is 1. The molecule has 0 fully saturated rings. The molecule has 0 unspecified atom stereocenters. The molecule has 1 N–H and O–H groups in total. The fourth-order valence-electron chi connectivity index (χ4n) is 1.66. The Balaban J connectivity index is 2.80. The Bertz CT molecular complexity index is 624. The Labute approximate surface area is 124 Å². The molecule has 1 amide bonds. The molecule has 0 aliphatic carbocycles. The van der Waals surface area contributed by atoms with Gasteiger partial charge in [0.1, 0.15) is 5.82 Å². The maximum Gasteiger partial charge on any atom is 0.303 e. The van der Waals surface area contributed by atoms with Crippen LogP contribution in [0.25, 0.3) is 5.57 Å². The lowest BCUT2D eigenvalue weighted by atomic mass is 10.1. The minimum atomic E-state index is -3.83. The second-order valence-electron chi connectivity index (χ2n) is 4.63. The first-order valence-electron chi connectivity index (χ1n) is 6.48. The SMILES string of the molecule is CCCN(C)S(=O)(=O)NC(=O)C=C(C)c1ccc(F)cc1. The molecule has 0 aliphatic heterocycles. The lowest BCUT2D eigenvalue weighted by molar-refractivity contribution is -0.114. The van der Waals surface area contributed by atoms with Crippen LogP contribution in [0.3, 0.4) is 0 Å². The summed E-state index contributed by atoms with van der Waals surface area (Å²) in [5.41, 5.74) is 1.19. The zero-order chi connectivity index (χ0) is 16.0. The number of benzene rings is 1. The van der Waals surface area contributed by atoms with E-state index in [1.165, 1.54) is 37.4 Å². The number of amides is 1. The highest BCUT2D eigenvalue weighted by Gasteiger charge is 2.18. The normalized spacial score (nSPS) is 12.5. The molecule has 0 aromatic heterocycles. The number of carbonyl (C=O) groups excluding carboxylic acids is 1. The van der Waals surface area contributed by atoms with Crippen molar-refractivity contribution < 1.29 is 17.6 Å². The van der Waals surface area contributed by atoms with Gasteiger partial charge in [-0.1, -0.05) is 19.1 Å². The molecule has 0 saturated heterocycles. The minimum Gasteiger partial charge on any atom is -0.269 e. The molecule has 1 rings (SSSR count). The lowest BCUT2D eigenvalue weighted by Crippen LogP contribution is -2.41. The van der Waals surface area contributed by atoms with Crippen molar-refractivity contribution >= 4 is 21.7 Å². The monoisotopic (exact) mass is 314 g/mol. The number of nitrogens with zero attached hydrogens (tertiary/aromatic N) is 1. The van der Waals surface area contributed by atoms with Crippen molar-refractivity contribution in [3.63, 3.8) is 0 Å². The average molecular weight is 314 g/mol. The smallest absolute Gasteiger partial charge is 0.269 e. The molecule has 21 heavy (non-hydrogen) atoms. The lowest BCUT2D eigenvalue weighted by Gasteiger charge is -2.15. The van der Waals surface area contributed by atoms with Crippen LogP contribution in [-0.4, -0.2) is 32.2 Å². The summed E-state index contributed by atoms with van der Waals surface area (Å²) in [5.74, 6) is -1.11. The molecular weight excluding hydrogens is 295 g/mol. The van der Waals surface area contributed by atoms with Gasteiger partial charge in [0.15, 0.2) is 0 Å². The van der Waals surface area contributed by atoms with Crippen LogP contribution in [0.4, 0.5) is 4.39 Å². The van der Waals surface area contributed by atoms with E-state index in [1.807, 2.05) is 11.6 Å². The first-order chi connectivity index (χ1) is 9.76. The van der Waals surface area contributed by atoms with E-state index in [4.69, 9.17) is 0 Å². The summed E-state index contributed by atoms with van der Waals surface area (Å²) in [4.78, 5) is 11.8. The molecule has 1 aromatic rings. The second-order valence-corrected chi connectivity index (χ2v) is 6.40. The minimum absolute atomic E-state index is 0.323. The van der Waals surface area contributed by atoms with Crippen molar-refractivity contribution in [1.82, 2.24) is 9.03 Å². The van der Waals surface area contributed by atoms with Crippen molar-refractivity contribution in [1.29, 1.82) is 0 Å². The van der Waals surface area contributed by atoms with Crippen LogP contribution in [-0.2, 0) is 15.0 Å². The van der Waals surface area contributed by atoms with Crippen molar-refractivity contribution in [3.05, 3.63) is 41.7 Å². The zero-order valence-electron chi connectivity index (χ0n) is 12.3. The Morgan fingerprint density at radius 2 is 1.90 bits per heavy atom. The van der Waals surface area contributed by atoms with Crippen LogP contribution < -0.4 is 4.72 Å². The van der Waals surface area contributed by atoms with Crippen LogP contribution in [0, 0.1) is 5.82 Å². The summed E-state index contributed by atoms with van der Waals surface area (Å²) in [7, 11) is -2.43. The molecule has 7 heteroatoms. The van der Waals surface area contributed by atoms with Gasteiger partial charge in [0, 0.05) is 19.7 Å². The first kappa shape index (κ1) is 17.3. The standard InChI is InChI=1S/C14H19FN2O3S/c1-4-9-17(3)21(19,20)16-14(18)10-11(2)12-5-7-13(15)8-6-12/h5-8,10H,4,9H2,1-3H3,(H,16,18). The summed E-state index contributed by atoms with van der Waals surface area (Å²) >= 11 is 0. The molecule has 1 aromatic carbocycles. The molecule has 5 nitrogen and oxygen atoms in total. The third kappa shape index (κ3) is 5.28. The van der Waals surface area contributed by atoms with Crippen molar-refractivity contribution in [2.45, 2.75) is 20.3 Å². The van der Waals surface area contributed by atoms with Crippen LogP contribution >= 0.6 is 0 Å². The van der Waals surface area contributed by atoms with E-state index in [1.54, 1.807) is 6.92 Å². The number of hydrogen-bond acceptors (Lipinski definition) is 3. The summed E-state index contributed by atoms with van der Waals surface area (Å²) in [6, 6.07) is 5.59. The van der Waals surface area contributed by atoms with Gasteiger partial charge in [0.05, 0.1) is 0 Å². The molecule has 116 valence electrons. The fraction of sp³-hybridized carbons (Fsp3) is 0.357. The predicted molar refractivity (Wildman–Crippen MR) is 80.0 cm³/mol. The van der Waals surface area contributed by atoms with Gasteiger partial charge < -0.3 is 0 Å². The van der Waals surface area contributed by atoms with Gasteiger partial charge in [-0.05, 0) is 36.6 Å². The molecule has 0 aliphatic rings. The number of allylic oxidation sites excluding steroid dienone is 1. The molecule has 0 atom stereocenters. The van der Waals surface area contributed by atoms with Gasteiger partial charge in [0.2, 0.25) is 0 Å².